The number of aliphatic carboxylic acids is 4. The summed E-state index contributed by atoms with van der Waals surface area (Å²) in [5.74, 6) is -3.68. The molecule has 0 radical (unpaired) electrons. The van der Waals surface area contributed by atoms with Crippen molar-refractivity contribution in [2.45, 2.75) is 38.1 Å². The number of hydrogen-bond donors (Lipinski definition) is 4. The first-order valence-corrected chi connectivity index (χ1v) is 13.0. The van der Waals surface area contributed by atoms with Crippen LogP contribution in [0.4, 0.5) is 0 Å². The zero-order valence-electron chi connectivity index (χ0n) is 23.0. The van der Waals surface area contributed by atoms with Crippen LogP contribution in [0, 0.1) is 11.3 Å². The van der Waals surface area contributed by atoms with E-state index >= 15 is 0 Å². The van der Waals surface area contributed by atoms with Crippen molar-refractivity contribution in [1.29, 1.82) is 5.26 Å². The highest BCUT2D eigenvalue weighted by atomic mass is 16.5. The van der Waals surface area contributed by atoms with E-state index in [0.717, 1.165) is 31.2 Å². The molecule has 3 rings (SSSR count). The number of benzene rings is 1. The molecule has 41 heavy (non-hydrogen) atoms. The van der Waals surface area contributed by atoms with Crippen molar-refractivity contribution in [3.8, 4) is 17.6 Å². The molecule has 2 heterocycles. The highest BCUT2D eigenvalue weighted by Crippen LogP contribution is 2.28. The summed E-state index contributed by atoms with van der Waals surface area (Å²) in [5, 5.41) is 40.2. The van der Waals surface area contributed by atoms with E-state index in [0.29, 0.717) is 42.2 Å². The highest BCUT2D eigenvalue weighted by Gasteiger charge is 2.28. The number of piperazine rings is 1. The van der Waals surface area contributed by atoms with Crippen molar-refractivity contribution in [2.24, 2.45) is 0 Å². The molecule has 2 fully saturated rings. The van der Waals surface area contributed by atoms with Crippen LogP contribution < -0.4 is 9.47 Å². The summed E-state index contributed by atoms with van der Waals surface area (Å²) < 4.78 is 11.1. The molecule has 2 aliphatic rings. The maximum Gasteiger partial charge on any atom is 0.328 e. The molecule has 0 aromatic heterocycles. The molecular weight excluding hydrogens is 538 g/mol. The van der Waals surface area contributed by atoms with Gasteiger partial charge >= 0.3 is 23.9 Å². The van der Waals surface area contributed by atoms with E-state index in [1.165, 1.54) is 45.4 Å². The largest absolute Gasteiger partial charge is 0.493 e. The topological polar surface area (TPSA) is 198 Å². The molecule has 0 saturated carbocycles. The van der Waals surface area contributed by atoms with Gasteiger partial charge in [-0.2, -0.15) is 5.26 Å². The van der Waals surface area contributed by atoms with Crippen LogP contribution >= 0.6 is 0 Å². The predicted octanol–water partition coefficient (Wildman–Crippen LogP) is 2.32. The van der Waals surface area contributed by atoms with Gasteiger partial charge < -0.3 is 34.8 Å². The minimum atomic E-state index is -1.26. The summed E-state index contributed by atoms with van der Waals surface area (Å²) >= 11 is 0. The number of nitrogens with zero attached hydrogens (tertiary/aromatic N) is 3. The maximum absolute atomic E-state index is 9.55. The van der Waals surface area contributed by atoms with Crippen molar-refractivity contribution in [3.63, 3.8) is 0 Å². The summed E-state index contributed by atoms with van der Waals surface area (Å²) in [6.45, 7) is 6.84. The van der Waals surface area contributed by atoms with E-state index in [1.54, 1.807) is 19.2 Å². The van der Waals surface area contributed by atoms with E-state index < -0.39 is 23.9 Å². The van der Waals surface area contributed by atoms with Crippen molar-refractivity contribution in [3.05, 3.63) is 48.1 Å². The van der Waals surface area contributed by atoms with Crippen LogP contribution in [0.25, 0.3) is 0 Å². The number of hydrogen-bond acceptors (Lipinski definition) is 9. The fourth-order valence-electron chi connectivity index (χ4n) is 4.18. The fourth-order valence-corrected chi connectivity index (χ4v) is 4.18. The minimum Gasteiger partial charge on any atom is -0.493 e. The van der Waals surface area contributed by atoms with Crippen LogP contribution in [-0.4, -0.2) is 107 Å². The molecule has 0 spiro atoms. The number of unbranched alkanes of at least 4 members (excludes halogenated alkanes) is 1. The van der Waals surface area contributed by atoms with E-state index in [-0.39, 0.29) is 0 Å². The zero-order chi connectivity index (χ0) is 30.6. The average molecular weight is 576 g/mol. The van der Waals surface area contributed by atoms with Gasteiger partial charge in [-0.05, 0) is 50.9 Å². The Hall–Kier alpha value is -4.41. The molecule has 13 nitrogen and oxygen atoms in total. The van der Waals surface area contributed by atoms with Crippen LogP contribution in [0.2, 0.25) is 0 Å². The van der Waals surface area contributed by atoms with Gasteiger partial charge in [0.2, 0.25) is 0 Å². The number of carboxylic acid groups (broad SMARTS) is 4. The first-order valence-electron chi connectivity index (χ1n) is 13.0. The van der Waals surface area contributed by atoms with Crippen molar-refractivity contribution >= 4 is 23.9 Å². The highest BCUT2D eigenvalue weighted by molar-refractivity contribution is 5.90. The van der Waals surface area contributed by atoms with Gasteiger partial charge in [0.15, 0.2) is 11.5 Å². The Labute approximate surface area is 238 Å². The molecule has 0 aliphatic carbocycles. The lowest BCUT2D eigenvalue weighted by atomic mass is 9.99. The molecule has 1 aromatic rings. The summed E-state index contributed by atoms with van der Waals surface area (Å²) in [4.78, 5) is 43.5. The van der Waals surface area contributed by atoms with Gasteiger partial charge in [0.25, 0.3) is 0 Å². The van der Waals surface area contributed by atoms with E-state index in [9.17, 15) is 19.2 Å². The Morgan fingerprint density at radius 2 is 1.51 bits per heavy atom. The first-order chi connectivity index (χ1) is 19.5. The molecule has 2 saturated heterocycles. The van der Waals surface area contributed by atoms with Gasteiger partial charge in [-0.25, -0.2) is 19.2 Å². The van der Waals surface area contributed by atoms with Gasteiger partial charge in [-0.3, -0.25) is 4.90 Å². The van der Waals surface area contributed by atoms with Gasteiger partial charge in [-0.1, -0.05) is 6.42 Å². The molecule has 1 aromatic carbocycles. The Morgan fingerprint density at radius 3 is 2.05 bits per heavy atom. The second kappa shape index (κ2) is 19.6. The van der Waals surface area contributed by atoms with Crippen LogP contribution in [0.1, 0.15) is 37.7 Å². The molecule has 4 N–H and O–H groups in total. The summed E-state index contributed by atoms with van der Waals surface area (Å²) in [6, 6.07) is 8.22. The van der Waals surface area contributed by atoms with Gasteiger partial charge in [0.05, 0.1) is 25.3 Å². The SMILES string of the molecule is COc1cc(C#N)ccc1OCCCCN1CCN2CCCCC2C1.O=C(O)/C=C/C(=O)O.O=C(O)/C=C/C(=O)O. The second-order valence-electron chi connectivity index (χ2n) is 9.04. The van der Waals surface area contributed by atoms with Gasteiger partial charge in [-0.15, -0.1) is 0 Å². The third kappa shape index (κ3) is 15.7. The molecule has 13 heteroatoms. The first kappa shape index (κ1) is 34.6. The summed E-state index contributed by atoms with van der Waals surface area (Å²) in [6.07, 6.45) is 8.58. The lowest BCUT2D eigenvalue weighted by Gasteiger charge is -2.44. The number of ether oxygens (including phenoxy) is 2. The summed E-state index contributed by atoms with van der Waals surface area (Å²) in [5.41, 5.74) is 0.589. The van der Waals surface area contributed by atoms with E-state index in [1.807, 2.05) is 6.07 Å². The Morgan fingerprint density at radius 1 is 0.902 bits per heavy atom. The lowest BCUT2D eigenvalue weighted by Crippen LogP contribution is -2.54. The monoisotopic (exact) mass is 575 g/mol. The Balaban J connectivity index is 0.000000433. The van der Waals surface area contributed by atoms with Crippen LogP contribution in [-0.2, 0) is 19.2 Å². The van der Waals surface area contributed by atoms with E-state index in [2.05, 4.69) is 15.9 Å². The van der Waals surface area contributed by atoms with Crippen molar-refractivity contribution < 1.29 is 49.1 Å². The quantitative estimate of drug-likeness (QED) is 0.222. The number of methoxy groups -OCH3 is 1. The molecule has 2 aliphatic heterocycles. The predicted molar refractivity (Wildman–Crippen MR) is 147 cm³/mol. The third-order valence-electron chi connectivity index (χ3n) is 6.08. The molecule has 224 valence electrons. The smallest absolute Gasteiger partial charge is 0.328 e. The van der Waals surface area contributed by atoms with Crippen molar-refractivity contribution in [1.82, 2.24) is 9.80 Å². The van der Waals surface area contributed by atoms with Crippen LogP contribution in [0.15, 0.2) is 42.5 Å². The standard InChI is InChI=1S/C20H29N3O2.2C4H4O4/c1-24-20-14-17(15-21)7-8-19(20)25-13-5-4-9-22-11-12-23-10-3-2-6-18(23)16-22;2*5-3(6)1-2-4(7)8/h7-8,14,18H,2-6,9-13,16H2,1H3;2*1-2H,(H,5,6)(H,7,8)/b;2*2-1+. The lowest BCUT2D eigenvalue weighted by molar-refractivity contribution is -0.134. The normalized spacial score (nSPS) is 16.7. The number of carboxylic acids is 4. The molecular formula is C28H37N3O10. The molecule has 1 atom stereocenters. The molecule has 1 unspecified atom stereocenters. The Kier molecular flexibility index (Phi) is 16.6. The van der Waals surface area contributed by atoms with Gasteiger partial charge in [0, 0.05) is 56.0 Å². The number of piperidine rings is 1. The average Bonchev–Trinajstić information content (AvgIpc) is 2.95. The number of fused-ring (bicyclic) bond motifs is 1. The minimum absolute atomic E-state index is 0.558. The van der Waals surface area contributed by atoms with Gasteiger partial charge in [0.1, 0.15) is 0 Å². The second-order valence-corrected chi connectivity index (χ2v) is 9.04. The third-order valence-corrected chi connectivity index (χ3v) is 6.08. The zero-order valence-corrected chi connectivity index (χ0v) is 23.0. The van der Waals surface area contributed by atoms with Crippen LogP contribution in [0.3, 0.4) is 0 Å². The fraction of sp³-hybridized carbons (Fsp3) is 0.464. The maximum atomic E-state index is 9.55. The van der Waals surface area contributed by atoms with Crippen molar-refractivity contribution in [2.75, 3.05) is 46.4 Å². The number of carbonyl (C=O) groups is 4. The van der Waals surface area contributed by atoms with Crippen LogP contribution in [0.5, 0.6) is 11.5 Å². The number of rotatable bonds is 11. The Bertz CT molecular complexity index is 1050. The number of nitriles is 1. The van der Waals surface area contributed by atoms with E-state index in [4.69, 9.17) is 35.2 Å². The molecule has 0 bridgehead atoms. The summed E-state index contributed by atoms with van der Waals surface area (Å²) in [7, 11) is 1.61. The molecule has 0 amide bonds.